The summed E-state index contributed by atoms with van der Waals surface area (Å²) in [6.07, 6.45) is 0.427. The van der Waals surface area contributed by atoms with Crippen LogP contribution in [0.15, 0.2) is 50.8 Å². The maximum Gasteiger partial charge on any atom is 0.326 e. The number of hydrogen-bond donors (Lipinski definition) is 2. The minimum atomic E-state index is -3.78. The van der Waals surface area contributed by atoms with E-state index < -0.39 is 22.0 Å². The van der Waals surface area contributed by atoms with Crippen molar-refractivity contribution in [3.63, 3.8) is 0 Å². The van der Waals surface area contributed by atoms with Gasteiger partial charge in [-0.3, -0.25) is 9.36 Å². The van der Waals surface area contributed by atoms with E-state index in [2.05, 4.69) is 9.71 Å². The fourth-order valence-electron chi connectivity index (χ4n) is 2.91. The molecule has 0 saturated heterocycles. The molecule has 0 bridgehead atoms. The molecule has 2 N–H and O–H groups in total. The van der Waals surface area contributed by atoms with E-state index in [1.807, 2.05) is 24.3 Å². The number of H-pyrrole nitrogens is 1. The Morgan fingerprint density at radius 3 is 2.69 bits per heavy atom. The molecule has 10 heteroatoms. The molecule has 0 radical (unpaired) electrons. The lowest BCUT2D eigenvalue weighted by atomic mass is 10.1. The number of sulfonamides is 1. The first-order valence-corrected chi connectivity index (χ1v) is 11.6. The van der Waals surface area contributed by atoms with E-state index in [1.54, 1.807) is 29.9 Å². The van der Waals surface area contributed by atoms with Gasteiger partial charge in [-0.15, -0.1) is 11.3 Å². The molecule has 2 aromatic heterocycles. The van der Waals surface area contributed by atoms with Gasteiger partial charge in [0.1, 0.15) is 10.3 Å². The number of fused-ring (bicyclic) bond motifs is 1. The lowest BCUT2D eigenvalue weighted by Gasteiger charge is -2.20. The van der Waals surface area contributed by atoms with Gasteiger partial charge in [0.2, 0.25) is 0 Å². The van der Waals surface area contributed by atoms with Gasteiger partial charge < -0.3 is 9.72 Å². The van der Waals surface area contributed by atoms with Gasteiger partial charge in [-0.05, 0) is 35.9 Å². The smallest absolute Gasteiger partial charge is 0.326 e. The van der Waals surface area contributed by atoms with Crippen LogP contribution in [0.1, 0.15) is 20.3 Å². The molecule has 3 aromatic rings. The molecule has 0 spiro atoms. The summed E-state index contributed by atoms with van der Waals surface area (Å²) >= 11 is 1.08. The summed E-state index contributed by atoms with van der Waals surface area (Å²) in [5, 5.41) is 1.66. The van der Waals surface area contributed by atoms with Gasteiger partial charge in [-0.2, -0.15) is 4.72 Å². The standard InChI is InChI=1S/C19H23N3O5S2/c1-13(2)17(21-29(25,26)16-9-5-12-28-16)18(23)27-11-6-10-22-15-8-4-3-7-14(15)20-19(22)24/h3-5,7-9,12-13,17,21H,6,10-11H2,1-2H3,(H,20,24)/t17-/m1/s1. The van der Waals surface area contributed by atoms with Crippen molar-refractivity contribution in [3.8, 4) is 0 Å². The molecule has 0 saturated carbocycles. The third-order valence-electron chi connectivity index (χ3n) is 4.41. The molecule has 0 aliphatic heterocycles. The summed E-state index contributed by atoms with van der Waals surface area (Å²) in [6, 6.07) is 9.47. The summed E-state index contributed by atoms with van der Waals surface area (Å²) in [5.74, 6) is -0.917. The summed E-state index contributed by atoms with van der Waals surface area (Å²) in [4.78, 5) is 27.3. The minimum Gasteiger partial charge on any atom is -0.464 e. The van der Waals surface area contributed by atoms with Crippen molar-refractivity contribution in [1.82, 2.24) is 14.3 Å². The number of benzene rings is 1. The summed E-state index contributed by atoms with van der Waals surface area (Å²) in [7, 11) is -3.78. The van der Waals surface area contributed by atoms with E-state index >= 15 is 0 Å². The van der Waals surface area contributed by atoms with E-state index in [0.29, 0.717) is 13.0 Å². The zero-order chi connectivity index (χ0) is 21.0. The number of aryl methyl sites for hydroxylation is 1. The number of ether oxygens (including phenoxy) is 1. The highest BCUT2D eigenvalue weighted by Gasteiger charge is 2.30. The average molecular weight is 438 g/mol. The molecule has 8 nitrogen and oxygen atoms in total. The second-order valence-corrected chi connectivity index (χ2v) is 9.78. The van der Waals surface area contributed by atoms with Gasteiger partial charge in [-0.1, -0.05) is 32.0 Å². The highest BCUT2D eigenvalue weighted by atomic mass is 32.2. The SMILES string of the molecule is CC(C)[C@@H](NS(=O)(=O)c1cccs1)C(=O)OCCCn1c(=O)[nH]c2ccccc21. The van der Waals surface area contributed by atoms with E-state index in [4.69, 9.17) is 4.74 Å². The molecular weight excluding hydrogens is 414 g/mol. The maximum absolute atomic E-state index is 12.5. The van der Waals surface area contributed by atoms with Crippen molar-refractivity contribution in [2.75, 3.05) is 6.61 Å². The van der Waals surface area contributed by atoms with Gasteiger partial charge in [0.05, 0.1) is 17.6 Å². The average Bonchev–Trinajstić information content (AvgIpc) is 3.31. The van der Waals surface area contributed by atoms with E-state index in [1.165, 1.54) is 6.07 Å². The summed E-state index contributed by atoms with van der Waals surface area (Å²) in [5.41, 5.74) is 1.31. The molecule has 2 heterocycles. The second-order valence-electron chi connectivity index (χ2n) is 6.90. The first-order valence-electron chi connectivity index (χ1n) is 9.19. The van der Waals surface area contributed by atoms with Crippen molar-refractivity contribution in [2.24, 2.45) is 5.92 Å². The molecular formula is C19H23N3O5S2. The van der Waals surface area contributed by atoms with Gasteiger partial charge in [0.25, 0.3) is 10.0 Å². The van der Waals surface area contributed by atoms with Crippen LogP contribution in [0.5, 0.6) is 0 Å². The molecule has 0 unspecified atom stereocenters. The lowest BCUT2D eigenvalue weighted by molar-refractivity contribution is -0.147. The fourth-order valence-corrected chi connectivity index (χ4v) is 5.25. The van der Waals surface area contributed by atoms with Crippen LogP contribution in [0.25, 0.3) is 11.0 Å². The van der Waals surface area contributed by atoms with Crippen LogP contribution in [-0.4, -0.2) is 36.6 Å². The van der Waals surface area contributed by atoms with Crippen LogP contribution in [0.4, 0.5) is 0 Å². The fraction of sp³-hybridized carbons (Fsp3) is 0.368. The minimum absolute atomic E-state index is 0.0781. The number of esters is 1. The molecule has 0 fully saturated rings. The zero-order valence-electron chi connectivity index (χ0n) is 16.1. The predicted molar refractivity (Wildman–Crippen MR) is 111 cm³/mol. The number of para-hydroxylation sites is 2. The number of aromatic amines is 1. The van der Waals surface area contributed by atoms with E-state index in [0.717, 1.165) is 22.4 Å². The summed E-state index contributed by atoms with van der Waals surface area (Å²) < 4.78 is 34.3. The molecule has 0 amide bonds. The molecule has 1 atom stereocenters. The number of nitrogens with zero attached hydrogens (tertiary/aromatic N) is 1. The third-order valence-corrected chi connectivity index (χ3v) is 7.25. The Morgan fingerprint density at radius 2 is 2.00 bits per heavy atom. The maximum atomic E-state index is 12.5. The van der Waals surface area contributed by atoms with Crippen molar-refractivity contribution >= 4 is 38.4 Å². The van der Waals surface area contributed by atoms with Crippen molar-refractivity contribution in [1.29, 1.82) is 0 Å². The Kier molecular flexibility index (Phi) is 6.56. The lowest BCUT2D eigenvalue weighted by Crippen LogP contribution is -2.45. The van der Waals surface area contributed by atoms with Crippen LogP contribution in [0.3, 0.4) is 0 Å². The number of rotatable bonds is 9. The quantitative estimate of drug-likeness (QED) is 0.394. The molecule has 29 heavy (non-hydrogen) atoms. The topological polar surface area (TPSA) is 110 Å². The van der Waals surface area contributed by atoms with Crippen molar-refractivity contribution in [3.05, 3.63) is 52.3 Å². The number of thiophene rings is 1. The number of aromatic nitrogens is 2. The van der Waals surface area contributed by atoms with Gasteiger partial charge in [-0.25, -0.2) is 13.2 Å². The van der Waals surface area contributed by atoms with Crippen molar-refractivity contribution in [2.45, 2.75) is 37.1 Å². The first kappa shape index (κ1) is 21.3. The molecule has 156 valence electrons. The Bertz CT molecular complexity index is 1130. The van der Waals surface area contributed by atoms with E-state index in [9.17, 15) is 18.0 Å². The van der Waals surface area contributed by atoms with Crippen LogP contribution < -0.4 is 10.4 Å². The van der Waals surface area contributed by atoms with Crippen LogP contribution in [0, 0.1) is 5.92 Å². The monoisotopic (exact) mass is 437 g/mol. The molecule has 3 rings (SSSR count). The second kappa shape index (κ2) is 8.93. The highest BCUT2D eigenvalue weighted by Crippen LogP contribution is 2.18. The van der Waals surface area contributed by atoms with Gasteiger partial charge >= 0.3 is 11.7 Å². The van der Waals surface area contributed by atoms with Crippen LogP contribution in [0.2, 0.25) is 0 Å². The Morgan fingerprint density at radius 1 is 1.24 bits per heavy atom. The van der Waals surface area contributed by atoms with Crippen molar-refractivity contribution < 1.29 is 17.9 Å². The molecule has 0 aliphatic rings. The van der Waals surface area contributed by atoms with Gasteiger partial charge in [0, 0.05) is 6.54 Å². The largest absolute Gasteiger partial charge is 0.464 e. The first-order chi connectivity index (χ1) is 13.8. The Hall–Kier alpha value is -2.43. The van der Waals surface area contributed by atoms with Crippen LogP contribution >= 0.6 is 11.3 Å². The number of imidazole rings is 1. The third kappa shape index (κ3) is 4.95. The zero-order valence-corrected chi connectivity index (χ0v) is 17.8. The normalized spacial score (nSPS) is 13.1. The number of hydrogen-bond acceptors (Lipinski definition) is 6. The van der Waals surface area contributed by atoms with Crippen LogP contribution in [-0.2, 0) is 26.1 Å². The summed E-state index contributed by atoms with van der Waals surface area (Å²) in [6.45, 7) is 3.95. The predicted octanol–water partition coefficient (Wildman–Crippen LogP) is 2.33. The van der Waals surface area contributed by atoms with E-state index in [-0.39, 0.29) is 22.4 Å². The van der Waals surface area contributed by atoms with Gasteiger partial charge in [0.15, 0.2) is 0 Å². The molecule has 0 aliphatic carbocycles. The molecule has 1 aromatic carbocycles. The number of carbonyl (C=O) groups is 1. The Labute approximate surface area is 172 Å². The number of carbonyl (C=O) groups excluding carboxylic acids is 1. The number of nitrogens with one attached hydrogen (secondary N) is 2. The Balaban J connectivity index is 1.58. The highest BCUT2D eigenvalue weighted by molar-refractivity contribution is 7.91.